The van der Waals surface area contributed by atoms with Crippen molar-refractivity contribution in [3.8, 4) is 11.8 Å². The zero-order valence-electron chi connectivity index (χ0n) is 19.3. The highest BCUT2D eigenvalue weighted by Crippen LogP contribution is 2.42. The molecular formula is C24H31N2O4Si. The lowest BCUT2D eigenvalue weighted by molar-refractivity contribution is -0.0643. The van der Waals surface area contributed by atoms with Crippen molar-refractivity contribution in [3.63, 3.8) is 0 Å². The summed E-state index contributed by atoms with van der Waals surface area (Å²) in [4.78, 5) is 13.7. The van der Waals surface area contributed by atoms with E-state index in [0.717, 1.165) is 5.56 Å². The summed E-state index contributed by atoms with van der Waals surface area (Å²) >= 11 is 0. The Morgan fingerprint density at radius 2 is 1.97 bits per heavy atom. The van der Waals surface area contributed by atoms with E-state index in [1.807, 2.05) is 19.2 Å². The zero-order valence-corrected chi connectivity index (χ0v) is 20.3. The Balaban J connectivity index is 2.25. The summed E-state index contributed by atoms with van der Waals surface area (Å²) in [6, 6.07) is 8.50. The molecule has 0 spiro atoms. The van der Waals surface area contributed by atoms with E-state index in [1.165, 1.54) is 0 Å². The Labute approximate surface area is 185 Å². The minimum atomic E-state index is -0.988. The van der Waals surface area contributed by atoms with Crippen LogP contribution in [0.3, 0.4) is 0 Å². The average molecular weight is 440 g/mol. The molecule has 0 saturated carbocycles. The lowest BCUT2D eigenvalue weighted by Gasteiger charge is -2.43. The van der Waals surface area contributed by atoms with Crippen LogP contribution in [-0.4, -0.2) is 30.4 Å². The summed E-state index contributed by atoms with van der Waals surface area (Å²) in [5, 5.41) is 20.6. The van der Waals surface area contributed by atoms with E-state index < -0.39 is 26.8 Å². The number of aliphatic hydroxyl groups excluding tert-OH is 1. The van der Waals surface area contributed by atoms with Gasteiger partial charge >= 0.3 is 0 Å². The molecule has 2 heterocycles. The molecule has 0 unspecified atom stereocenters. The molecule has 1 aliphatic rings. The second-order valence-corrected chi connectivity index (χ2v) is 11.9. The van der Waals surface area contributed by atoms with Gasteiger partial charge in [0.1, 0.15) is 17.5 Å². The molecule has 1 radical (unpaired) electrons. The molecular weight excluding hydrogens is 408 g/mol. The zero-order chi connectivity index (χ0) is 23.1. The molecule has 2 aromatic rings. The molecule has 1 aromatic heterocycles. The number of hydrogen-bond acceptors (Lipinski definition) is 5. The maximum absolute atomic E-state index is 13.7. The number of rotatable bonds is 4. The molecule has 1 N–H and O–H groups in total. The number of aliphatic hydroxyl groups is 1. The first kappa shape index (κ1) is 23.3. The summed E-state index contributed by atoms with van der Waals surface area (Å²) in [5.41, 5.74) is 1.29. The van der Waals surface area contributed by atoms with Gasteiger partial charge in [0.2, 0.25) is 9.04 Å². The van der Waals surface area contributed by atoms with Crippen LogP contribution in [0.4, 0.5) is 0 Å². The second-order valence-electron chi connectivity index (χ2n) is 9.83. The first-order valence-corrected chi connectivity index (χ1v) is 12.9. The molecule has 1 aliphatic heterocycles. The monoisotopic (exact) mass is 439 g/mol. The molecule has 0 bridgehead atoms. The molecule has 2 atom stereocenters. The lowest BCUT2D eigenvalue weighted by atomic mass is 9.83. The van der Waals surface area contributed by atoms with Crippen molar-refractivity contribution < 1.29 is 14.3 Å². The topological polar surface area (TPSA) is 84.5 Å². The number of benzene rings is 1. The number of nitrogens with zero attached hydrogens (tertiary/aromatic N) is 2. The van der Waals surface area contributed by atoms with E-state index in [2.05, 4.69) is 26.8 Å². The van der Waals surface area contributed by atoms with Crippen molar-refractivity contribution in [1.82, 2.24) is 4.57 Å². The van der Waals surface area contributed by atoms with Crippen LogP contribution in [0.25, 0.3) is 0 Å². The van der Waals surface area contributed by atoms with Gasteiger partial charge in [-0.2, -0.15) is 5.26 Å². The number of ether oxygens (including phenoxy) is 1. The van der Waals surface area contributed by atoms with Crippen LogP contribution in [0, 0.1) is 11.3 Å². The Hall–Kier alpha value is -2.40. The number of fused-ring (bicyclic) bond motifs is 1. The van der Waals surface area contributed by atoms with Crippen LogP contribution in [0.2, 0.25) is 13.1 Å². The van der Waals surface area contributed by atoms with Gasteiger partial charge in [0.05, 0.1) is 24.3 Å². The van der Waals surface area contributed by atoms with Crippen molar-refractivity contribution in [2.45, 2.75) is 77.5 Å². The highest BCUT2D eigenvalue weighted by atomic mass is 28.3. The fourth-order valence-electron chi connectivity index (χ4n) is 4.01. The smallest absolute Gasteiger partial charge is 0.256 e. The molecule has 3 rings (SSSR count). The van der Waals surface area contributed by atoms with Crippen molar-refractivity contribution in [2.24, 2.45) is 0 Å². The first-order valence-electron chi connectivity index (χ1n) is 10.5. The van der Waals surface area contributed by atoms with Crippen molar-refractivity contribution in [2.75, 3.05) is 0 Å². The third-order valence-corrected chi connectivity index (χ3v) is 6.40. The van der Waals surface area contributed by atoms with E-state index in [-0.39, 0.29) is 17.6 Å². The predicted octanol–water partition coefficient (Wildman–Crippen LogP) is 3.91. The Kier molecular flexibility index (Phi) is 6.20. The van der Waals surface area contributed by atoms with Crippen LogP contribution < -0.4 is 10.3 Å². The minimum absolute atomic E-state index is 0.189. The van der Waals surface area contributed by atoms with Gasteiger partial charge in [-0.1, -0.05) is 20.8 Å². The molecule has 1 aromatic carbocycles. The summed E-state index contributed by atoms with van der Waals surface area (Å²) in [6.07, 6.45) is 0.756. The Morgan fingerprint density at radius 1 is 1.29 bits per heavy atom. The standard InChI is InChI=1S/C24H31N2O4Si/c1-23(2,3)18-10-11-26(22(28)17(18)14-29-31(6)7)20-16-12-15(13-25)8-9-19(16)30-24(4,5)21(20)27/h8-12,20-21,27H,14H2,1-7H3/t20-,21+/m0/s1. The fraction of sp³-hybridized carbons (Fsp3) is 0.500. The quantitative estimate of drug-likeness (QED) is 0.730. The van der Waals surface area contributed by atoms with E-state index >= 15 is 0 Å². The average Bonchev–Trinajstić information content (AvgIpc) is 2.67. The third-order valence-electron chi connectivity index (χ3n) is 5.67. The van der Waals surface area contributed by atoms with Crippen molar-refractivity contribution >= 4 is 9.04 Å². The van der Waals surface area contributed by atoms with E-state index in [1.54, 1.807) is 42.8 Å². The fourth-order valence-corrected chi connectivity index (χ4v) is 4.44. The van der Waals surface area contributed by atoms with Gasteiger partial charge in [0.15, 0.2) is 0 Å². The number of pyridine rings is 1. The Morgan fingerprint density at radius 3 is 2.55 bits per heavy atom. The summed E-state index contributed by atoms with van der Waals surface area (Å²) < 4.78 is 13.5. The molecule has 0 amide bonds. The van der Waals surface area contributed by atoms with Gasteiger partial charge in [0.25, 0.3) is 5.56 Å². The number of nitriles is 1. The number of aromatic nitrogens is 1. The Bertz CT molecular complexity index is 1080. The van der Waals surface area contributed by atoms with E-state index in [0.29, 0.717) is 22.4 Å². The predicted molar refractivity (Wildman–Crippen MR) is 122 cm³/mol. The van der Waals surface area contributed by atoms with Crippen LogP contribution in [0.5, 0.6) is 5.75 Å². The van der Waals surface area contributed by atoms with Crippen molar-refractivity contribution in [1.29, 1.82) is 5.26 Å². The summed E-state index contributed by atoms with van der Waals surface area (Å²) in [5.74, 6) is 0.566. The summed E-state index contributed by atoms with van der Waals surface area (Å²) in [7, 11) is -0.987. The van der Waals surface area contributed by atoms with Crippen LogP contribution in [0.1, 0.15) is 62.9 Å². The van der Waals surface area contributed by atoms with Gasteiger partial charge in [-0.25, -0.2) is 0 Å². The molecule has 0 fully saturated rings. The number of hydrogen-bond donors (Lipinski definition) is 1. The van der Waals surface area contributed by atoms with Gasteiger partial charge in [-0.05, 0) is 62.2 Å². The highest BCUT2D eigenvalue weighted by molar-refractivity contribution is 6.48. The van der Waals surface area contributed by atoms with Gasteiger partial charge in [0, 0.05) is 17.3 Å². The van der Waals surface area contributed by atoms with Crippen LogP contribution in [-0.2, 0) is 16.4 Å². The van der Waals surface area contributed by atoms with Crippen LogP contribution in [0.15, 0.2) is 35.3 Å². The highest BCUT2D eigenvalue weighted by Gasteiger charge is 2.44. The van der Waals surface area contributed by atoms with Crippen molar-refractivity contribution in [3.05, 3.63) is 63.1 Å². The third kappa shape index (κ3) is 4.47. The molecule has 165 valence electrons. The lowest BCUT2D eigenvalue weighted by Crippen LogP contribution is -2.52. The molecule has 0 aliphatic carbocycles. The normalized spacial score (nSPS) is 20.1. The minimum Gasteiger partial charge on any atom is -0.485 e. The molecule has 6 nitrogen and oxygen atoms in total. The second kappa shape index (κ2) is 8.27. The van der Waals surface area contributed by atoms with E-state index in [4.69, 9.17) is 9.16 Å². The van der Waals surface area contributed by atoms with Gasteiger partial charge in [-0.15, -0.1) is 0 Å². The maximum Gasteiger partial charge on any atom is 0.256 e. The van der Waals surface area contributed by atoms with Gasteiger partial charge < -0.3 is 18.8 Å². The first-order chi connectivity index (χ1) is 14.4. The maximum atomic E-state index is 13.7. The molecule has 7 heteroatoms. The molecule has 0 saturated heterocycles. The largest absolute Gasteiger partial charge is 0.485 e. The summed E-state index contributed by atoms with van der Waals surface area (Å²) in [6.45, 7) is 14.1. The SMILES string of the molecule is C[Si](C)OCc1c(C(C)(C)C)ccn([C@H]2c3cc(C#N)ccc3OC(C)(C)[C@@H]2O)c1=O. The van der Waals surface area contributed by atoms with Crippen LogP contribution >= 0.6 is 0 Å². The van der Waals surface area contributed by atoms with E-state index in [9.17, 15) is 15.2 Å². The molecule has 31 heavy (non-hydrogen) atoms. The van der Waals surface area contributed by atoms with Gasteiger partial charge in [-0.3, -0.25) is 4.79 Å².